The molecular weight excluding hydrogens is 216 g/mol. The molecule has 0 aliphatic carbocycles. The molecule has 0 saturated heterocycles. The van der Waals surface area contributed by atoms with Crippen LogP contribution in [0.15, 0.2) is 24.3 Å². The van der Waals surface area contributed by atoms with Crippen molar-refractivity contribution in [2.45, 2.75) is 19.9 Å². The first-order valence-corrected chi connectivity index (χ1v) is 5.43. The van der Waals surface area contributed by atoms with Crippen molar-refractivity contribution in [2.75, 3.05) is 11.9 Å². The summed E-state index contributed by atoms with van der Waals surface area (Å²) in [7, 11) is 1.83. The number of carboxylic acids is 1. The highest BCUT2D eigenvalue weighted by Crippen LogP contribution is 2.20. The summed E-state index contributed by atoms with van der Waals surface area (Å²) in [5.74, 6) is -1.29. The summed E-state index contributed by atoms with van der Waals surface area (Å²) in [6.45, 7) is 3.54. The van der Waals surface area contributed by atoms with Crippen LogP contribution in [0.1, 0.15) is 19.4 Å². The second-order valence-electron chi connectivity index (χ2n) is 4.14. The molecule has 1 aromatic carbocycles. The number of hydrogen-bond acceptors (Lipinski definition) is 3. The molecule has 4 nitrogen and oxygen atoms in total. The van der Waals surface area contributed by atoms with Crippen LogP contribution in [0, 0.1) is 17.2 Å². The monoisotopic (exact) mass is 232 g/mol. The van der Waals surface area contributed by atoms with Crippen LogP contribution in [0.4, 0.5) is 5.69 Å². The minimum Gasteiger partial charge on any atom is -0.481 e. The van der Waals surface area contributed by atoms with Crippen LogP contribution in [-0.4, -0.2) is 24.2 Å². The number of benzene rings is 1. The van der Waals surface area contributed by atoms with E-state index in [1.807, 2.05) is 24.9 Å². The zero-order chi connectivity index (χ0) is 13.0. The third-order valence-electron chi connectivity index (χ3n) is 3.11. The minimum atomic E-state index is -0.819. The van der Waals surface area contributed by atoms with E-state index in [1.54, 1.807) is 25.1 Å². The SMILES string of the molecule is CC(C(=O)O)C(C)N(C)c1cccc(C#N)c1. The molecule has 17 heavy (non-hydrogen) atoms. The van der Waals surface area contributed by atoms with Gasteiger partial charge in [0, 0.05) is 18.8 Å². The van der Waals surface area contributed by atoms with Crippen LogP contribution in [0.25, 0.3) is 0 Å². The van der Waals surface area contributed by atoms with Gasteiger partial charge in [0.25, 0.3) is 0 Å². The van der Waals surface area contributed by atoms with Gasteiger partial charge < -0.3 is 10.0 Å². The van der Waals surface area contributed by atoms with Gasteiger partial charge in [-0.1, -0.05) is 6.07 Å². The Hall–Kier alpha value is -2.02. The lowest BCUT2D eigenvalue weighted by Gasteiger charge is -2.29. The second kappa shape index (κ2) is 5.35. The highest BCUT2D eigenvalue weighted by molar-refractivity contribution is 5.71. The maximum atomic E-state index is 10.9. The van der Waals surface area contributed by atoms with E-state index >= 15 is 0 Å². The Labute approximate surface area is 101 Å². The van der Waals surface area contributed by atoms with Gasteiger partial charge in [-0.2, -0.15) is 5.26 Å². The van der Waals surface area contributed by atoms with E-state index < -0.39 is 11.9 Å². The smallest absolute Gasteiger partial charge is 0.308 e. The Morgan fingerprint density at radius 1 is 1.47 bits per heavy atom. The normalized spacial score (nSPS) is 13.5. The Balaban J connectivity index is 2.92. The van der Waals surface area contributed by atoms with Gasteiger partial charge in [0.2, 0.25) is 0 Å². The first-order valence-electron chi connectivity index (χ1n) is 5.43. The number of carbonyl (C=O) groups is 1. The number of nitriles is 1. The Bertz CT molecular complexity index is 451. The van der Waals surface area contributed by atoms with Crippen LogP contribution in [0.2, 0.25) is 0 Å². The van der Waals surface area contributed by atoms with Crippen molar-refractivity contribution < 1.29 is 9.90 Å². The summed E-state index contributed by atoms with van der Waals surface area (Å²) in [4.78, 5) is 12.8. The Morgan fingerprint density at radius 3 is 2.65 bits per heavy atom. The number of nitrogens with zero attached hydrogens (tertiary/aromatic N) is 2. The summed E-state index contributed by atoms with van der Waals surface area (Å²) in [5, 5.41) is 17.8. The standard InChI is InChI=1S/C13H16N2O2/c1-9(13(16)17)10(2)15(3)12-6-4-5-11(7-12)8-14/h4-7,9-10H,1-3H3,(H,16,17). The molecule has 4 heteroatoms. The largest absolute Gasteiger partial charge is 0.481 e. The van der Waals surface area contributed by atoms with Crippen molar-refractivity contribution in [2.24, 2.45) is 5.92 Å². The summed E-state index contributed by atoms with van der Waals surface area (Å²) < 4.78 is 0. The number of hydrogen-bond donors (Lipinski definition) is 1. The molecule has 2 atom stereocenters. The van der Waals surface area contributed by atoms with Gasteiger partial charge >= 0.3 is 5.97 Å². The molecule has 1 rings (SSSR count). The van der Waals surface area contributed by atoms with Gasteiger partial charge in [0.15, 0.2) is 0 Å². The lowest BCUT2D eigenvalue weighted by atomic mass is 10.0. The van der Waals surface area contributed by atoms with E-state index in [0.29, 0.717) is 5.56 Å². The van der Waals surface area contributed by atoms with Gasteiger partial charge in [-0.25, -0.2) is 0 Å². The van der Waals surface area contributed by atoms with Gasteiger partial charge in [-0.05, 0) is 32.0 Å². The summed E-state index contributed by atoms with van der Waals surface area (Å²) in [5.41, 5.74) is 1.43. The van der Waals surface area contributed by atoms with Gasteiger partial charge in [-0.15, -0.1) is 0 Å². The molecule has 0 fully saturated rings. The molecule has 0 radical (unpaired) electrons. The molecule has 0 heterocycles. The topological polar surface area (TPSA) is 64.3 Å². The molecule has 1 aromatic rings. The first-order chi connectivity index (χ1) is 7.97. The maximum Gasteiger partial charge on any atom is 0.308 e. The lowest BCUT2D eigenvalue weighted by molar-refractivity contribution is -0.141. The van der Waals surface area contributed by atoms with Gasteiger partial charge in [-0.3, -0.25) is 4.79 Å². The average molecular weight is 232 g/mol. The zero-order valence-corrected chi connectivity index (χ0v) is 10.2. The van der Waals surface area contributed by atoms with Crippen LogP contribution < -0.4 is 4.90 Å². The highest BCUT2D eigenvalue weighted by atomic mass is 16.4. The number of aliphatic carboxylic acids is 1. The fourth-order valence-electron chi connectivity index (χ4n) is 1.57. The quantitative estimate of drug-likeness (QED) is 0.863. The van der Waals surface area contributed by atoms with Crippen LogP contribution in [0.3, 0.4) is 0 Å². The average Bonchev–Trinajstić information content (AvgIpc) is 2.36. The minimum absolute atomic E-state index is 0.138. The molecule has 0 amide bonds. The van der Waals surface area contributed by atoms with Crippen molar-refractivity contribution in [3.63, 3.8) is 0 Å². The molecular formula is C13H16N2O2. The zero-order valence-electron chi connectivity index (χ0n) is 10.2. The van der Waals surface area contributed by atoms with Crippen molar-refractivity contribution in [3.8, 4) is 6.07 Å². The van der Waals surface area contributed by atoms with Crippen molar-refractivity contribution in [1.29, 1.82) is 5.26 Å². The third kappa shape index (κ3) is 2.97. The predicted octanol–water partition coefficient (Wildman–Crippen LogP) is 2.10. The second-order valence-corrected chi connectivity index (χ2v) is 4.14. The van der Waals surface area contributed by atoms with Gasteiger partial charge in [0.1, 0.15) is 0 Å². The number of carboxylic acid groups (broad SMARTS) is 1. The maximum absolute atomic E-state index is 10.9. The fourth-order valence-corrected chi connectivity index (χ4v) is 1.57. The van der Waals surface area contributed by atoms with Gasteiger partial charge in [0.05, 0.1) is 17.6 Å². The third-order valence-corrected chi connectivity index (χ3v) is 3.11. The molecule has 0 bridgehead atoms. The Kier molecular flexibility index (Phi) is 4.11. The molecule has 1 N–H and O–H groups in total. The van der Waals surface area contributed by atoms with Crippen molar-refractivity contribution in [1.82, 2.24) is 0 Å². The number of anilines is 1. The predicted molar refractivity (Wildman–Crippen MR) is 65.8 cm³/mol. The van der Waals surface area contributed by atoms with E-state index in [-0.39, 0.29) is 6.04 Å². The fraction of sp³-hybridized carbons (Fsp3) is 0.385. The van der Waals surface area contributed by atoms with E-state index in [4.69, 9.17) is 10.4 Å². The van der Waals surface area contributed by atoms with Crippen molar-refractivity contribution in [3.05, 3.63) is 29.8 Å². The lowest BCUT2D eigenvalue weighted by Crippen LogP contribution is -2.37. The molecule has 0 aromatic heterocycles. The Morgan fingerprint density at radius 2 is 2.12 bits per heavy atom. The molecule has 0 spiro atoms. The van der Waals surface area contributed by atoms with E-state index in [1.165, 1.54) is 0 Å². The summed E-state index contributed by atoms with van der Waals surface area (Å²) >= 11 is 0. The van der Waals surface area contributed by atoms with Crippen molar-refractivity contribution >= 4 is 11.7 Å². The first kappa shape index (κ1) is 13.0. The van der Waals surface area contributed by atoms with Crippen LogP contribution >= 0.6 is 0 Å². The van der Waals surface area contributed by atoms with Crippen LogP contribution in [0.5, 0.6) is 0 Å². The molecule has 0 aliphatic heterocycles. The molecule has 0 saturated carbocycles. The molecule has 2 unspecified atom stereocenters. The summed E-state index contributed by atoms with van der Waals surface area (Å²) in [6.07, 6.45) is 0. The van der Waals surface area contributed by atoms with E-state index in [9.17, 15) is 4.79 Å². The van der Waals surface area contributed by atoms with Crippen LogP contribution in [-0.2, 0) is 4.79 Å². The van der Waals surface area contributed by atoms with E-state index in [0.717, 1.165) is 5.69 Å². The number of rotatable bonds is 4. The van der Waals surface area contributed by atoms with E-state index in [2.05, 4.69) is 6.07 Å². The molecule has 90 valence electrons. The highest BCUT2D eigenvalue weighted by Gasteiger charge is 2.23. The molecule has 0 aliphatic rings. The summed E-state index contributed by atoms with van der Waals surface area (Å²) in [6, 6.07) is 9.07.